The zero-order valence-corrected chi connectivity index (χ0v) is 16.9. The second-order valence-corrected chi connectivity index (χ2v) is 8.24. The van der Waals surface area contributed by atoms with Crippen molar-refractivity contribution < 1.29 is 4.79 Å². The lowest BCUT2D eigenvalue weighted by molar-refractivity contribution is 0.0964. The lowest BCUT2D eigenvalue weighted by atomic mass is 10.0. The van der Waals surface area contributed by atoms with Crippen molar-refractivity contribution >= 4 is 22.9 Å². The Kier molecular flexibility index (Phi) is 6.20. The van der Waals surface area contributed by atoms with Crippen LogP contribution < -0.4 is 4.90 Å². The van der Waals surface area contributed by atoms with Crippen LogP contribution in [-0.2, 0) is 6.42 Å². The molecule has 0 unspecified atom stereocenters. The Labute approximate surface area is 171 Å². The second kappa shape index (κ2) is 9.18. The van der Waals surface area contributed by atoms with Gasteiger partial charge >= 0.3 is 0 Å². The van der Waals surface area contributed by atoms with E-state index in [1.54, 1.807) is 0 Å². The molecule has 0 atom stereocenters. The molecule has 0 aliphatic carbocycles. The molecule has 1 aliphatic heterocycles. The van der Waals surface area contributed by atoms with Crippen molar-refractivity contribution in [3.63, 3.8) is 0 Å². The van der Waals surface area contributed by atoms with Crippen LogP contribution in [0.15, 0.2) is 78.2 Å². The number of rotatable bonds is 6. The Hall–Kier alpha value is -2.43. The number of carbonyl (C=O) groups is 1. The summed E-state index contributed by atoms with van der Waals surface area (Å²) < 4.78 is 0. The average Bonchev–Trinajstić information content (AvgIpc) is 3.30. The van der Waals surface area contributed by atoms with Crippen LogP contribution in [0.2, 0.25) is 0 Å². The first-order valence-corrected chi connectivity index (χ1v) is 10.9. The number of carbonyl (C=O) groups excluding carboxylic acids is 1. The molecule has 2 heterocycles. The standard InChI is InChI=1S/C24H26N2OS/c27-24(23-12-7-19-28-23)26(21-10-5-2-6-11-21)22-14-17-25(18-15-22)16-13-20-8-3-1-4-9-20/h1-12,19,22H,13-18H2. The Bertz CT molecular complexity index is 856. The molecule has 3 nitrogen and oxygen atoms in total. The number of likely N-dealkylation sites (tertiary alicyclic amines) is 1. The Balaban J connectivity index is 1.42. The number of anilines is 1. The molecule has 0 bridgehead atoms. The normalized spacial score (nSPS) is 15.4. The van der Waals surface area contributed by atoms with E-state index in [0.717, 1.165) is 49.5 Å². The van der Waals surface area contributed by atoms with Crippen molar-refractivity contribution in [2.75, 3.05) is 24.5 Å². The second-order valence-electron chi connectivity index (χ2n) is 7.30. The quantitative estimate of drug-likeness (QED) is 0.584. The van der Waals surface area contributed by atoms with Gasteiger partial charge in [0.25, 0.3) is 5.91 Å². The molecule has 0 spiro atoms. The largest absolute Gasteiger partial charge is 0.305 e. The van der Waals surface area contributed by atoms with Crippen LogP contribution in [0.5, 0.6) is 0 Å². The maximum absolute atomic E-state index is 13.2. The molecule has 3 aromatic rings. The van der Waals surface area contributed by atoms with Crippen LogP contribution in [0.4, 0.5) is 5.69 Å². The highest BCUT2D eigenvalue weighted by Gasteiger charge is 2.30. The maximum Gasteiger partial charge on any atom is 0.268 e. The molecule has 1 aromatic heterocycles. The number of piperidine rings is 1. The van der Waals surface area contributed by atoms with Crippen molar-refractivity contribution in [1.82, 2.24) is 4.90 Å². The predicted octanol–water partition coefficient (Wildman–Crippen LogP) is 5.10. The van der Waals surface area contributed by atoms with Gasteiger partial charge in [-0.3, -0.25) is 4.79 Å². The molecule has 0 N–H and O–H groups in total. The van der Waals surface area contributed by atoms with E-state index in [1.165, 1.54) is 16.9 Å². The van der Waals surface area contributed by atoms with E-state index in [-0.39, 0.29) is 11.9 Å². The van der Waals surface area contributed by atoms with Crippen molar-refractivity contribution in [3.8, 4) is 0 Å². The van der Waals surface area contributed by atoms with Crippen molar-refractivity contribution in [1.29, 1.82) is 0 Å². The number of para-hydroxylation sites is 1. The molecule has 1 fully saturated rings. The van der Waals surface area contributed by atoms with Gasteiger partial charge in [-0.25, -0.2) is 0 Å². The average molecular weight is 391 g/mol. The van der Waals surface area contributed by atoms with Crippen LogP contribution in [0, 0.1) is 0 Å². The lowest BCUT2D eigenvalue weighted by Crippen LogP contribution is -2.48. The molecule has 0 saturated carbocycles. The van der Waals surface area contributed by atoms with Gasteiger partial charge < -0.3 is 9.80 Å². The monoisotopic (exact) mass is 390 g/mol. The highest BCUT2D eigenvalue weighted by Crippen LogP contribution is 2.27. The van der Waals surface area contributed by atoms with Crippen LogP contribution >= 0.6 is 11.3 Å². The predicted molar refractivity (Wildman–Crippen MR) is 117 cm³/mol. The molecule has 1 saturated heterocycles. The summed E-state index contributed by atoms with van der Waals surface area (Å²) in [6.07, 6.45) is 3.11. The summed E-state index contributed by atoms with van der Waals surface area (Å²) in [5.74, 6) is 0.129. The summed E-state index contributed by atoms with van der Waals surface area (Å²) in [5.41, 5.74) is 2.40. The first-order valence-electron chi connectivity index (χ1n) is 9.99. The van der Waals surface area contributed by atoms with Gasteiger partial charge in [0, 0.05) is 31.4 Å². The smallest absolute Gasteiger partial charge is 0.268 e. The van der Waals surface area contributed by atoms with Crippen LogP contribution in [-0.4, -0.2) is 36.5 Å². The zero-order valence-electron chi connectivity index (χ0n) is 16.0. The fourth-order valence-corrected chi connectivity index (χ4v) is 4.59. The molecule has 0 radical (unpaired) electrons. The summed E-state index contributed by atoms with van der Waals surface area (Å²) >= 11 is 1.52. The summed E-state index contributed by atoms with van der Waals surface area (Å²) in [5, 5.41) is 1.97. The minimum atomic E-state index is 0.129. The number of benzene rings is 2. The molecule has 4 rings (SSSR count). The lowest BCUT2D eigenvalue weighted by Gasteiger charge is -2.38. The van der Waals surface area contributed by atoms with Gasteiger partial charge in [0.2, 0.25) is 0 Å². The number of hydrogen-bond donors (Lipinski definition) is 0. The fraction of sp³-hybridized carbons (Fsp3) is 0.292. The van der Waals surface area contributed by atoms with Crippen molar-refractivity contribution in [2.24, 2.45) is 0 Å². The van der Waals surface area contributed by atoms with Crippen LogP contribution in [0.25, 0.3) is 0 Å². The van der Waals surface area contributed by atoms with Gasteiger partial charge in [-0.2, -0.15) is 0 Å². The van der Waals surface area contributed by atoms with E-state index < -0.39 is 0 Å². The molecular weight excluding hydrogens is 364 g/mol. The minimum Gasteiger partial charge on any atom is -0.305 e. The Morgan fingerprint density at radius 1 is 0.929 bits per heavy atom. The Morgan fingerprint density at radius 3 is 2.25 bits per heavy atom. The van der Waals surface area contributed by atoms with E-state index in [2.05, 4.69) is 35.2 Å². The van der Waals surface area contributed by atoms with Gasteiger partial charge in [-0.1, -0.05) is 54.6 Å². The Morgan fingerprint density at radius 2 is 1.61 bits per heavy atom. The molecule has 1 amide bonds. The third-order valence-electron chi connectivity index (χ3n) is 5.47. The van der Waals surface area contributed by atoms with Gasteiger partial charge in [-0.05, 0) is 48.4 Å². The molecule has 28 heavy (non-hydrogen) atoms. The minimum absolute atomic E-state index is 0.129. The van der Waals surface area contributed by atoms with Gasteiger partial charge in [0.15, 0.2) is 0 Å². The van der Waals surface area contributed by atoms with E-state index in [9.17, 15) is 4.79 Å². The summed E-state index contributed by atoms with van der Waals surface area (Å²) in [4.78, 5) is 18.6. The summed E-state index contributed by atoms with van der Waals surface area (Å²) in [6, 6.07) is 24.9. The first kappa shape index (κ1) is 18.9. The number of nitrogens with zero attached hydrogens (tertiary/aromatic N) is 2. The zero-order chi connectivity index (χ0) is 19.2. The van der Waals surface area contributed by atoms with Gasteiger partial charge in [-0.15, -0.1) is 11.3 Å². The van der Waals surface area contributed by atoms with Gasteiger partial charge in [0.1, 0.15) is 0 Å². The van der Waals surface area contributed by atoms with Gasteiger partial charge in [0.05, 0.1) is 4.88 Å². The molecule has 144 valence electrons. The SMILES string of the molecule is O=C(c1cccs1)N(c1ccccc1)C1CCN(CCc2ccccc2)CC1. The maximum atomic E-state index is 13.2. The highest BCUT2D eigenvalue weighted by molar-refractivity contribution is 7.12. The number of hydrogen-bond acceptors (Lipinski definition) is 3. The molecule has 4 heteroatoms. The van der Waals surface area contributed by atoms with Crippen molar-refractivity contribution in [2.45, 2.75) is 25.3 Å². The third kappa shape index (κ3) is 4.51. The van der Waals surface area contributed by atoms with Crippen molar-refractivity contribution in [3.05, 3.63) is 88.6 Å². The van der Waals surface area contributed by atoms with E-state index in [4.69, 9.17) is 0 Å². The van der Waals surface area contributed by atoms with Crippen LogP contribution in [0.3, 0.4) is 0 Å². The molecule has 2 aromatic carbocycles. The van der Waals surface area contributed by atoms with E-state index in [0.29, 0.717) is 0 Å². The fourth-order valence-electron chi connectivity index (χ4n) is 3.93. The first-order chi connectivity index (χ1) is 13.8. The molecule has 1 aliphatic rings. The topological polar surface area (TPSA) is 23.6 Å². The summed E-state index contributed by atoms with van der Waals surface area (Å²) in [6.45, 7) is 3.16. The summed E-state index contributed by atoms with van der Waals surface area (Å²) in [7, 11) is 0. The number of amides is 1. The van der Waals surface area contributed by atoms with E-state index in [1.807, 2.05) is 52.7 Å². The highest BCUT2D eigenvalue weighted by atomic mass is 32.1. The van der Waals surface area contributed by atoms with Crippen LogP contribution in [0.1, 0.15) is 28.1 Å². The third-order valence-corrected chi connectivity index (χ3v) is 6.32. The van der Waals surface area contributed by atoms with E-state index >= 15 is 0 Å². The number of thiophene rings is 1. The molecular formula is C24H26N2OS.